The maximum absolute atomic E-state index is 12.8. The fourth-order valence-electron chi connectivity index (χ4n) is 3.49. The molecule has 1 aliphatic heterocycles. The van der Waals surface area contributed by atoms with Crippen LogP contribution >= 0.6 is 0 Å². The molecule has 3 aromatic rings. The molecule has 1 amide bonds. The number of nitrogens with zero attached hydrogens (tertiary/aromatic N) is 1. The maximum Gasteiger partial charge on any atom is 0.416 e. The van der Waals surface area contributed by atoms with Gasteiger partial charge in [-0.3, -0.25) is 9.59 Å². The molecular formula is C20H15F3N2O2. The van der Waals surface area contributed by atoms with E-state index in [9.17, 15) is 22.8 Å². The minimum atomic E-state index is -4.51. The molecule has 4 nitrogen and oxygen atoms in total. The largest absolute Gasteiger partial charge is 0.416 e. The van der Waals surface area contributed by atoms with Crippen LogP contribution < -0.4 is 10.7 Å². The summed E-state index contributed by atoms with van der Waals surface area (Å²) in [6.45, 7) is 0.678. The number of pyridine rings is 1. The van der Waals surface area contributed by atoms with Crippen molar-refractivity contribution >= 4 is 22.5 Å². The Balaban J connectivity index is 1.74. The van der Waals surface area contributed by atoms with Crippen LogP contribution in [0.4, 0.5) is 18.9 Å². The van der Waals surface area contributed by atoms with Crippen molar-refractivity contribution in [3.05, 3.63) is 75.6 Å². The second-order valence-electron chi connectivity index (χ2n) is 6.51. The fraction of sp³-hybridized carbons (Fsp3) is 0.200. The number of carbonyl (C=O) groups is 1. The van der Waals surface area contributed by atoms with E-state index in [0.29, 0.717) is 11.9 Å². The number of aromatic nitrogens is 1. The predicted octanol–water partition coefficient (Wildman–Crippen LogP) is 4.22. The molecule has 0 atom stereocenters. The third-order valence-electron chi connectivity index (χ3n) is 4.72. The molecule has 0 radical (unpaired) electrons. The zero-order valence-electron chi connectivity index (χ0n) is 14.1. The van der Waals surface area contributed by atoms with Gasteiger partial charge >= 0.3 is 6.18 Å². The van der Waals surface area contributed by atoms with Gasteiger partial charge in [-0.25, -0.2) is 0 Å². The predicted molar refractivity (Wildman–Crippen MR) is 95.9 cm³/mol. The Bertz CT molecular complexity index is 1120. The highest BCUT2D eigenvalue weighted by Crippen LogP contribution is 2.31. The molecule has 4 rings (SSSR count). The van der Waals surface area contributed by atoms with E-state index in [1.807, 2.05) is 10.6 Å². The highest BCUT2D eigenvalue weighted by atomic mass is 19.4. The quantitative estimate of drug-likeness (QED) is 0.732. The third kappa shape index (κ3) is 3.09. The van der Waals surface area contributed by atoms with Crippen LogP contribution in [0.2, 0.25) is 0 Å². The highest BCUT2D eigenvalue weighted by molar-refractivity contribution is 6.06. The van der Waals surface area contributed by atoms with Gasteiger partial charge in [-0.1, -0.05) is 18.2 Å². The second-order valence-corrected chi connectivity index (χ2v) is 6.51. The number of halogens is 3. The molecule has 1 aliphatic rings. The molecule has 0 spiro atoms. The number of hydrogen-bond donors (Lipinski definition) is 1. The average molecular weight is 372 g/mol. The van der Waals surface area contributed by atoms with Gasteiger partial charge in [0.1, 0.15) is 5.56 Å². The smallest absolute Gasteiger partial charge is 0.346 e. The van der Waals surface area contributed by atoms with Crippen LogP contribution in [0.3, 0.4) is 0 Å². The summed E-state index contributed by atoms with van der Waals surface area (Å²) < 4.78 is 40.4. The van der Waals surface area contributed by atoms with Crippen LogP contribution in [0, 0.1) is 0 Å². The average Bonchev–Trinajstić information content (AvgIpc) is 2.64. The van der Waals surface area contributed by atoms with Crippen LogP contribution in [0.25, 0.3) is 10.9 Å². The zero-order chi connectivity index (χ0) is 19.2. The van der Waals surface area contributed by atoms with Gasteiger partial charge in [0.25, 0.3) is 5.91 Å². The van der Waals surface area contributed by atoms with Crippen molar-refractivity contribution in [3.8, 4) is 0 Å². The summed E-state index contributed by atoms with van der Waals surface area (Å²) in [5.41, 5.74) is 0.496. The van der Waals surface area contributed by atoms with Crippen LogP contribution in [-0.2, 0) is 19.1 Å². The normalized spacial score (nSPS) is 13.6. The van der Waals surface area contributed by atoms with Crippen molar-refractivity contribution in [2.75, 3.05) is 5.32 Å². The summed E-state index contributed by atoms with van der Waals surface area (Å²) in [4.78, 5) is 25.4. The van der Waals surface area contributed by atoms with Gasteiger partial charge in [0.2, 0.25) is 5.43 Å². The molecule has 138 valence electrons. The molecule has 1 aromatic heterocycles. The number of carbonyl (C=O) groups excluding carboxylic acids is 1. The molecule has 0 aliphatic carbocycles. The zero-order valence-corrected chi connectivity index (χ0v) is 14.1. The topological polar surface area (TPSA) is 51.1 Å². The lowest BCUT2D eigenvalue weighted by molar-refractivity contribution is -0.137. The summed E-state index contributed by atoms with van der Waals surface area (Å²) >= 11 is 0. The van der Waals surface area contributed by atoms with Gasteiger partial charge in [0.05, 0.1) is 11.1 Å². The van der Waals surface area contributed by atoms with Gasteiger partial charge in [-0.2, -0.15) is 13.2 Å². The van der Waals surface area contributed by atoms with Crippen molar-refractivity contribution in [1.82, 2.24) is 4.57 Å². The van der Waals surface area contributed by atoms with Gasteiger partial charge in [0, 0.05) is 23.8 Å². The number of nitrogens with one attached hydrogen (secondary N) is 1. The van der Waals surface area contributed by atoms with Gasteiger partial charge in [-0.05, 0) is 42.7 Å². The van der Waals surface area contributed by atoms with Crippen LogP contribution in [0.5, 0.6) is 0 Å². The van der Waals surface area contributed by atoms with E-state index >= 15 is 0 Å². The standard InChI is InChI=1S/C20H15F3N2O2/c21-20(22,23)13-6-2-7-14(10-13)24-19(27)16-11-25-9-3-5-12-4-1-8-15(17(12)25)18(16)26/h1-2,4,6-8,10-11H,3,5,9H2,(H,24,27). The molecule has 2 aromatic carbocycles. The van der Waals surface area contributed by atoms with Gasteiger partial charge in [0.15, 0.2) is 0 Å². The van der Waals surface area contributed by atoms with Crippen molar-refractivity contribution < 1.29 is 18.0 Å². The van der Waals surface area contributed by atoms with Crippen molar-refractivity contribution in [2.45, 2.75) is 25.6 Å². The first-order valence-corrected chi connectivity index (χ1v) is 8.48. The van der Waals surface area contributed by atoms with E-state index in [-0.39, 0.29) is 11.3 Å². The summed E-state index contributed by atoms with van der Waals surface area (Å²) in [6, 6.07) is 9.74. The number of aryl methyl sites for hydroxylation is 2. The number of amides is 1. The Morgan fingerprint density at radius 2 is 1.89 bits per heavy atom. The summed E-state index contributed by atoms with van der Waals surface area (Å²) in [5.74, 6) is -0.721. The van der Waals surface area contributed by atoms with E-state index in [1.54, 1.807) is 12.1 Å². The summed E-state index contributed by atoms with van der Waals surface area (Å²) in [7, 11) is 0. The van der Waals surface area contributed by atoms with Crippen LogP contribution in [0.1, 0.15) is 27.9 Å². The molecule has 7 heteroatoms. The first kappa shape index (κ1) is 17.3. The number of benzene rings is 2. The molecule has 1 N–H and O–H groups in total. The van der Waals surface area contributed by atoms with Crippen molar-refractivity contribution in [3.63, 3.8) is 0 Å². The number of anilines is 1. The minimum absolute atomic E-state index is 0.0123. The van der Waals surface area contributed by atoms with E-state index in [1.165, 1.54) is 18.3 Å². The molecule has 27 heavy (non-hydrogen) atoms. The first-order chi connectivity index (χ1) is 12.8. The van der Waals surface area contributed by atoms with E-state index in [4.69, 9.17) is 0 Å². The number of alkyl halides is 3. The monoisotopic (exact) mass is 372 g/mol. The Morgan fingerprint density at radius 1 is 1.11 bits per heavy atom. The molecule has 0 fully saturated rings. The maximum atomic E-state index is 12.8. The highest BCUT2D eigenvalue weighted by Gasteiger charge is 2.30. The lowest BCUT2D eigenvalue weighted by Crippen LogP contribution is -2.25. The summed E-state index contributed by atoms with van der Waals surface area (Å²) in [6.07, 6.45) is -1.25. The lowest BCUT2D eigenvalue weighted by Gasteiger charge is -2.20. The number of para-hydroxylation sites is 1. The Morgan fingerprint density at radius 3 is 2.67 bits per heavy atom. The molecule has 0 bridgehead atoms. The van der Waals surface area contributed by atoms with Gasteiger partial charge < -0.3 is 9.88 Å². The Hall–Kier alpha value is -3.09. The van der Waals surface area contributed by atoms with Crippen molar-refractivity contribution in [1.29, 1.82) is 0 Å². The van der Waals surface area contributed by atoms with Crippen LogP contribution in [0.15, 0.2) is 53.5 Å². The van der Waals surface area contributed by atoms with Gasteiger partial charge in [-0.15, -0.1) is 0 Å². The first-order valence-electron chi connectivity index (χ1n) is 8.48. The van der Waals surface area contributed by atoms with E-state index in [2.05, 4.69) is 5.32 Å². The minimum Gasteiger partial charge on any atom is -0.346 e. The molecule has 0 saturated heterocycles. The number of rotatable bonds is 2. The summed E-state index contributed by atoms with van der Waals surface area (Å²) in [5, 5.41) is 2.86. The number of hydrogen-bond acceptors (Lipinski definition) is 2. The molecular weight excluding hydrogens is 357 g/mol. The molecule has 0 unspecified atom stereocenters. The third-order valence-corrected chi connectivity index (χ3v) is 4.72. The Labute approximate surface area is 152 Å². The molecule has 0 saturated carbocycles. The second kappa shape index (κ2) is 6.26. The fourth-order valence-corrected chi connectivity index (χ4v) is 3.49. The van der Waals surface area contributed by atoms with Crippen molar-refractivity contribution in [2.24, 2.45) is 0 Å². The SMILES string of the molecule is O=C(Nc1cccc(C(F)(F)F)c1)c1cn2c3c(cccc3c1=O)CCC2. The van der Waals surface area contributed by atoms with E-state index < -0.39 is 23.1 Å². The Kier molecular flexibility index (Phi) is 4.02. The lowest BCUT2D eigenvalue weighted by atomic mass is 9.99. The van der Waals surface area contributed by atoms with E-state index in [0.717, 1.165) is 36.1 Å². The molecule has 2 heterocycles. The van der Waals surface area contributed by atoms with Crippen LogP contribution in [-0.4, -0.2) is 10.5 Å².